The van der Waals surface area contributed by atoms with Crippen molar-refractivity contribution in [1.29, 1.82) is 0 Å². The Labute approximate surface area is 126 Å². The van der Waals surface area contributed by atoms with Gasteiger partial charge in [-0.05, 0) is 58.2 Å². The van der Waals surface area contributed by atoms with E-state index in [-0.39, 0.29) is 5.91 Å². The van der Waals surface area contributed by atoms with Gasteiger partial charge in [0.05, 0.1) is 0 Å². The zero-order valence-electron chi connectivity index (χ0n) is 11.4. The molecule has 1 amide bonds. The number of rotatable bonds is 4. The summed E-state index contributed by atoms with van der Waals surface area (Å²) in [6.07, 6.45) is 3.58. The molecule has 0 fully saturated rings. The maximum atomic E-state index is 11.5. The fourth-order valence-corrected chi connectivity index (χ4v) is 2.31. The highest BCUT2D eigenvalue weighted by atomic mass is 79.9. The zero-order chi connectivity index (χ0) is 14.5. The molecule has 5 heteroatoms. The number of carbonyl (C=O) groups is 1. The van der Waals surface area contributed by atoms with Gasteiger partial charge in [0.15, 0.2) is 0 Å². The van der Waals surface area contributed by atoms with Gasteiger partial charge in [-0.15, -0.1) is 0 Å². The number of carbonyl (C=O) groups excluding carboxylic acids is 1. The van der Waals surface area contributed by atoms with Crippen molar-refractivity contribution in [3.8, 4) is 0 Å². The summed E-state index contributed by atoms with van der Waals surface area (Å²) >= 11 is 3.40. The van der Waals surface area contributed by atoms with E-state index < -0.39 is 0 Å². The first-order valence-corrected chi connectivity index (χ1v) is 7.05. The third kappa shape index (κ3) is 3.57. The largest absolute Gasteiger partial charge is 0.381 e. The van der Waals surface area contributed by atoms with Crippen molar-refractivity contribution >= 4 is 27.5 Å². The molecule has 0 radical (unpaired) electrons. The van der Waals surface area contributed by atoms with Gasteiger partial charge in [0, 0.05) is 41.7 Å². The van der Waals surface area contributed by atoms with Gasteiger partial charge in [0.25, 0.3) is 5.91 Å². The molecule has 0 aliphatic carbocycles. The van der Waals surface area contributed by atoms with Crippen molar-refractivity contribution in [2.75, 3.05) is 12.4 Å². The average Bonchev–Trinajstić information content (AvgIpc) is 2.45. The van der Waals surface area contributed by atoms with Crippen LogP contribution < -0.4 is 10.6 Å². The molecule has 0 bridgehead atoms. The summed E-state index contributed by atoms with van der Waals surface area (Å²) in [6.45, 7) is 2.67. The maximum Gasteiger partial charge on any atom is 0.251 e. The van der Waals surface area contributed by atoms with Crippen LogP contribution in [-0.2, 0) is 6.54 Å². The first-order valence-electron chi connectivity index (χ1n) is 6.26. The van der Waals surface area contributed by atoms with E-state index in [4.69, 9.17) is 0 Å². The van der Waals surface area contributed by atoms with E-state index in [1.807, 2.05) is 37.4 Å². The van der Waals surface area contributed by atoms with Crippen LogP contribution >= 0.6 is 15.9 Å². The van der Waals surface area contributed by atoms with Crippen molar-refractivity contribution < 1.29 is 4.79 Å². The highest BCUT2D eigenvalue weighted by Gasteiger charge is 2.05. The second kappa shape index (κ2) is 6.52. The number of halogens is 1. The molecule has 104 valence electrons. The fraction of sp³-hybridized carbons (Fsp3) is 0.200. The first-order chi connectivity index (χ1) is 9.60. The van der Waals surface area contributed by atoms with Crippen LogP contribution in [0.3, 0.4) is 0 Å². The molecule has 4 nitrogen and oxygen atoms in total. The van der Waals surface area contributed by atoms with Crippen molar-refractivity contribution in [2.24, 2.45) is 0 Å². The van der Waals surface area contributed by atoms with Crippen LogP contribution in [0.15, 0.2) is 41.1 Å². The molecule has 0 saturated carbocycles. The van der Waals surface area contributed by atoms with Crippen LogP contribution in [0.2, 0.25) is 0 Å². The smallest absolute Gasteiger partial charge is 0.251 e. The molecule has 1 heterocycles. The number of hydrogen-bond donors (Lipinski definition) is 2. The Balaban J connectivity index is 2.08. The lowest BCUT2D eigenvalue weighted by Gasteiger charge is -2.11. The molecule has 0 saturated heterocycles. The number of aryl methyl sites for hydroxylation is 1. The molecular weight excluding hydrogens is 318 g/mol. The van der Waals surface area contributed by atoms with Gasteiger partial charge in [-0.2, -0.15) is 0 Å². The lowest BCUT2D eigenvalue weighted by molar-refractivity contribution is 0.0963. The molecule has 0 unspecified atom stereocenters. The number of amides is 1. The molecule has 1 aromatic heterocycles. The number of nitrogens with zero attached hydrogens (tertiary/aromatic N) is 1. The Bertz CT molecular complexity index is 628. The minimum Gasteiger partial charge on any atom is -0.381 e. The summed E-state index contributed by atoms with van der Waals surface area (Å²) < 4.78 is 0.962. The number of hydrogen-bond acceptors (Lipinski definition) is 3. The van der Waals surface area contributed by atoms with Gasteiger partial charge < -0.3 is 10.6 Å². The molecule has 0 atom stereocenters. The second-order valence-corrected chi connectivity index (χ2v) is 5.39. The van der Waals surface area contributed by atoms with Gasteiger partial charge in [-0.3, -0.25) is 9.78 Å². The van der Waals surface area contributed by atoms with Crippen LogP contribution in [0.25, 0.3) is 0 Å². The minimum atomic E-state index is -0.0733. The third-order valence-corrected chi connectivity index (χ3v) is 3.39. The molecule has 20 heavy (non-hydrogen) atoms. The van der Waals surface area contributed by atoms with E-state index >= 15 is 0 Å². The van der Waals surface area contributed by atoms with Crippen LogP contribution in [0.4, 0.5) is 5.69 Å². The van der Waals surface area contributed by atoms with Crippen molar-refractivity contribution in [3.05, 3.63) is 57.8 Å². The highest BCUT2D eigenvalue weighted by Crippen LogP contribution is 2.18. The third-order valence-electron chi connectivity index (χ3n) is 2.96. The van der Waals surface area contributed by atoms with Crippen molar-refractivity contribution in [1.82, 2.24) is 10.3 Å². The lowest BCUT2D eigenvalue weighted by atomic mass is 10.1. The number of pyridine rings is 1. The average molecular weight is 334 g/mol. The Morgan fingerprint density at radius 1 is 1.30 bits per heavy atom. The van der Waals surface area contributed by atoms with Crippen molar-refractivity contribution in [2.45, 2.75) is 13.5 Å². The molecule has 2 aromatic rings. The quantitative estimate of drug-likeness (QED) is 0.903. The van der Waals surface area contributed by atoms with Gasteiger partial charge >= 0.3 is 0 Å². The summed E-state index contributed by atoms with van der Waals surface area (Å²) in [6, 6.07) is 7.63. The zero-order valence-corrected chi connectivity index (χ0v) is 13.0. The second-order valence-electron chi connectivity index (χ2n) is 4.47. The first kappa shape index (κ1) is 14.5. The normalized spacial score (nSPS) is 10.2. The van der Waals surface area contributed by atoms with Gasteiger partial charge in [0.2, 0.25) is 0 Å². The van der Waals surface area contributed by atoms with E-state index in [1.54, 1.807) is 13.2 Å². The molecule has 2 rings (SSSR count). The standard InChI is InChI=1S/C15H16BrN3O/c1-10-5-12(15(20)17-2)3-4-14(10)19-8-11-6-13(16)9-18-7-11/h3-7,9,19H,8H2,1-2H3,(H,17,20). The molecular formula is C15H16BrN3O. The summed E-state index contributed by atoms with van der Waals surface area (Å²) in [5.41, 5.74) is 3.81. The number of aromatic nitrogens is 1. The minimum absolute atomic E-state index is 0.0733. The SMILES string of the molecule is CNC(=O)c1ccc(NCc2cncc(Br)c2)c(C)c1. The summed E-state index contributed by atoms with van der Waals surface area (Å²) in [7, 11) is 1.63. The van der Waals surface area contributed by atoms with Gasteiger partial charge in [0.1, 0.15) is 0 Å². The van der Waals surface area contributed by atoms with Crippen molar-refractivity contribution in [3.63, 3.8) is 0 Å². The monoisotopic (exact) mass is 333 g/mol. The Hall–Kier alpha value is -1.88. The lowest BCUT2D eigenvalue weighted by Crippen LogP contribution is -2.17. The number of benzene rings is 1. The van der Waals surface area contributed by atoms with E-state index in [1.165, 1.54) is 0 Å². The summed E-state index contributed by atoms with van der Waals surface area (Å²) in [5, 5.41) is 5.97. The van der Waals surface area contributed by atoms with E-state index in [0.717, 1.165) is 21.3 Å². The molecule has 0 aliphatic rings. The van der Waals surface area contributed by atoms with Crippen LogP contribution in [0.5, 0.6) is 0 Å². The molecule has 0 aliphatic heterocycles. The molecule has 0 spiro atoms. The van der Waals surface area contributed by atoms with Crippen LogP contribution in [0, 0.1) is 6.92 Å². The van der Waals surface area contributed by atoms with E-state index in [9.17, 15) is 4.79 Å². The Morgan fingerprint density at radius 2 is 2.10 bits per heavy atom. The number of anilines is 1. The Kier molecular flexibility index (Phi) is 4.74. The maximum absolute atomic E-state index is 11.5. The van der Waals surface area contributed by atoms with Gasteiger partial charge in [-0.25, -0.2) is 0 Å². The van der Waals surface area contributed by atoms with Gasteiger partial charge in [-0.1, -0.05) is 0 Å². The Morgan fingerprint density at radius 3 is 2.75 bits per heavy atom. The molecule has 2 N–H and O–H groups in total. The topological polar surface area (TPSA) is 54.0 Å². The predicted octanol–water partition coefficient (Wildman–Crippen LogP) is 3.12. The highest BCUT2D eigenvalue weighted by molar-refractivity contribution is 9.10. The predicted molar refractivity (Wildman–Crippen MR) is 83.8 cm³/mol. The fourth-order valence-electron chi connectivity index (χ4n) is 1.90. The summed E-state index contributed by atoms with van der Waals surface area (Å²) in [4.78, 5) is 15.7. The molecule has 1 aromatic carbocycles. The van der Waals surface area contributed by atoms with Crippen LogP contribution in [0.1, 0.15) is 21.5 Å². The van der Waals surface area contributed by atoms with E-state index in [2.05, 4.69) is 31.5 Å². The number of nitrogens with one attached hydrogen (secondary N) is 2. The van der Waals surface area contributed by atoms with E-state index in [0.29, 0.717) is 12.1 Å². The summed E-state index contributed by atoms with van der Waals surface area (Å²) in [5.74, 6) is -0.0733. The van der Waals surface area contributed by atoms with Crippen LogP contribution in [-0.4, -0.2) is 17.9 Å².